The molecule has 0 saturated carbocycles. The lowest BCUT2D eigenvalue weighted by molar-refractivity contribution is 0.354. The van der Waals surface area contributed by atoms with Crippen molar-refractivity contribution in [2.45, 2.75) is 13.1 Å². The van der Waals surface area contributed by atoms with Crippen LogP contribution in [0.5, 0.6) is 23.0 Å². The van der Waals surface area contributed by atoms with Gasteiger partial charge in [0.05, 0.1) is 35.0 Å². The summed E-state index contributed by atoms with van der Waals surface area (Å²) in [6.45, 7) is 0.965. The van der Waals surface area contributed by atoms with Gasteiger partial charge in [0.2, 0.25) is 0 Å². The minimum absolute atomic E-state index is 0. The molecule has 0 radical (unpaired) electrons. The summed E-state index contributed by atoms with van der Waals surface area (Å²) in [5.74, 6) is 3.06. The Bertz CT molecular complexity index is 769. The van der Waals surface area contributed by atoms with Crippen LogP contribution >= 0.6 is 24.0 Å². The van der Waals surface area contributed by atoms with Gasteiger partial charge in [-0.3, -0.25) is 0 Å². The third kappa shape index (κ3) is 6.38. The fraction of sp³-hybridized carbons (Fsp3) is 0.316. The van der Waals surface area contributed by atoms with Crippen LogP contribution in [0.1, 0.15) is 11.1 Å². The van der Waals surface area contributed by atoms with Crippen LogP contribution in [-0.2, 0) is 13.1 Å². The summed E-state index contributed by atoms with van der Waals surface area (Å²) in [7, 11) is 6.41. The Morgan fingerprint density at radius 1 is 0.815 bits per heavy atom. The molecule has 0 fully saturated rings. The normalized spacial score (nSPS) is 10.6. The molecule has 2 aromatic carbocycles. The minimum Gasteiger partial charge on any atom is -0.493 e. The maximum atomic E-state index is 5.95. The average Bonchev–Trinajstić information content (AvgIpc) is 2.69. The number of nitrogens with two attached hydrogens (primary N) is 1. The van der Waals surface area contributed by atoms with Gasteiger partial charge in [-0.2, -0.15) is 0 Å². The third-order valence-electron chi connectivity index (χ3n) is 3.80. The number of aliphatic imine (C=N–C) groups is 1. The molecule has 0 unspecified atom stereocenters. The zero-order valence-corrected chi connectivity index (χ0v) is 18.3. The second kappa shape index (κ2) is 11.4. The molecule has 0 aromatic heterocycles. The van der Waals surface area contributed by atoms with E-state index in [4.69, 9.17) is 24.7 Å². The number of hydrogen-bond donors (Lipinski definition) is 2. The molecule has 0 atom stereocenters. The van der Waals surface area contributed by atoms with E-state index in [2.05, 4.69) is 10.3 Å². The number of rotatable bonds is 8. The first-order chi connectivity index (χ1) is 12.6. The Labute approximate surface area is 176 Å². The molecule has 0 aliphatic heterocycles. The second-order valence-electron chi connectivity index (χ2n) is 5.43. The maximum absolute atomic E-state index is 5.95. The largest absolute Gasteiger partial charge is 0.493 e. The maximum Gasteiger partial charge on any atom is 0.189 e. The molecular weight excluding hydrogens is 461 g/mol. The summed E-state index contributed by atoms with van der Waals surface area (Å²) in [6.07, 6.45) is 0. The number of halogens is 1. The van der Waals surface area contributed by atoms with Gasteiger partial charge in [0.15, 0.2) is 29.0 Å². The summed E-state index contributed by atoms with van der Waals surface area (Å²) in [5, 5.41) is 3.08. The predicted octanol–water partition coefficient (Wildman–Crippen LogP) is 2.94. The molecule has 3 N–H and O–H groups in total. The third-order valence-corrected chi connectivity index (χ3v) is 3.80. The van der Waals surface area contributed by atoms with E-state index in [0.29, 0.717) is 42.0 Å². The van der Waals surface area contributed by atoms with Crippen molar-refractivity contribution < 1.29 is 18.9 Å². The molecule has 8 heteroatoms. The molecule has 27 heavy (non-hydrogen) atoms. The fourth-order valence-electron chi connectivity index (χ4n) is 2.39. The number of hydrogen-bond acceptors (Lipinski definition) is 5. The molecular formula is C19H26IN3O4. The van der Waals surface area contributed by atoms with Crippen molar-refractivity contribution in [3.63, 3.8) is 0 Å². The Balaban J connectivity index is 0.00000364. The topological polar surface area (TPSA) is 87.3 Å². The van der Waals surface area contributed by atoms with E-state index in [1.54, 1.807) is 28.4 Å². The van der Waals surface area contributed by atoms with Crippen LogP contribution in [0.3, 0.4) is 0 Å². The number of nitrogens with zero attached hydrogens (tertiary/aromatic N) is 1. The summed E-state index contributed by atoms with van der Waals surface area (Å²) < 4.78 is 21.0. The summed E-state index contributed by atoms with van der Waals surface area (Å²) >= 11 is 0. The smallest absolute Gasteiger partial charge is 0.189 e. The molecule has 0 spiro atoms. The van der Waals surface area contributed by atoms with Crippen LogP contribution in [0.4, 0.5) is 0 Å². The molecule has 2 aromatic rings. The van der Waals surface area contributed by atoms with Crippen LogP contribution in [0.15, 0.2) is 41.4 Å². The zero-order chi connectivity index (χ0) is 18.9. The first-order valence-electron chi connectivity index (χ1n) is 8.06. The van der Waals surface area contributed by atoms with Gasteiger partial charge in [-0.25, -0.2) is 4.99 Å². The van der Waals surface area contributed by atoms with Crippen molar-refractivity contribution in [3.05, 3.63) is 47.5 Å². The van der Waals surface area contributed by atoms with Crippen molar-refractivity contribution in [2.24, 2.45) is 10.7 Å². The monoisotopic (exact) mass is 487 g/mol. The van der Waals surface area contributed by atoms with E-state index < -0.39 is 0 Å². The Morgan fingerprint density at radius 2 is 1.30 bits per heavy atom. The van der Waals surface area contributed by atoms with Crippen LogP contribution in [-0.4, -0.2) is 34.4 Å². The lowest BCUT2D eigenvalue weighted by Crippen LogP contribution is -2.31. The lowest BCUT2D eigenvalue weighted by atomic mass is 10.2. The van der Waals surface area contributed by atoms with Gasteiger partial charge < -0.3 is 30.0 Å². The first-order valence-corrected chi connectivity index (χ1v) is 8.06. The molecule has 2 rings (SSSR count). The van der Waals surface area contributed by atoms with E-state index in [1.807, 2.05) is 36.4 Å². The minimum atomic E-state index is 0. The van der Waals surface area contributed by atoms with E-state index in [0.717, 1.165) is 11.1 Å². The molecule has 0 aliphatic carbocycles. The van der Waals surface area contributed by atoms with Gasteiger partial charge in [-0.05, 0) is 35.4 Å². The van der Waals surface area contributed by atoms with Crippen molar-refractivity contribution in [1.29, 1.82) is 0 Å². The van der Waals surface area contributed by atoms with E-state index >= 15 is 0 Å². The molecule has 0 heterocycles. The summed E-state index contributed by atoms with van der Waals surface area (Å²) in [5.41, 5.74) is 7.93. The van der Waals surface area contributed by atoms with Crippen molar-refractivity contribution in [3.8, 4) is 23.0 Å². The Hall–Kier alpha value is -2.36. The molecule has 0 bridgehead atoms. The predicted molar refractivity (Wildman–Crippen MR) is 117 cm³/mol. The van der Waals surface area contributed by atoms with Crippen molar-refractivity contribution >= 4 is 29.9 Å². The highest BCUT2D eigenvalue weighted by atomic mass is 127. The number of nitrogens with one attached hydrogen (secondary N) is 1. The molecule has 0 aliphatic rings. The van der Waals surface area contributed by atoms with Crippen LogP contribution in [0.25, 0.3) is 0 Å². The molecule has 0 amide bonds. The van der Waals surface area contributed by atoms with E-state index in [-0.39, 0.29) is 24.0 Å². The van der Waals surface area contributed by atoms with Crippen molar-refractivity contribution in [2.75, 3.05) is 28.4 Å². The molecule has 7 nitrogen and oxygen atoms in total. The van der Waals surface area contributed by atoms with Gasteiger partial charge in [0.1, 0.15) is 0 Å². The van der Waals surface area contributed by atoms with E-state index in [9.17, 15) is 0 Å². The number of guanidine groups is 1. The number of ether oxygens (including phenoxy) is 4. The van der Waals surface area contributed by atoms with Gasteiger partial charge in [-0.1, -0.05) is 12.1 Å². The quantitative estimate of drug-likeness (QED) is 0.338. The van der Waals surface area contributed by atoms with Crippen LogP contribution < -0.4 is 30.0 Å². The van der Waals surface area contributed by atoms with Crippen molar-refractivity contribution in [1.82, 2.24) is 5.32 Å². The van der Waals surface area contributed by atoms with E-state index in [1.165, 1.54) is 0 Å². The highest BCUT2D eigenvalue weighted by Crippen LogP contribution is 2.28. The standard InChI is InChI=1S/C19H25N3O4.HI/c1-23-15-7-5-13(9-17(15)25-3)11-21-19(20)22-12-14-6-8-16(24-2)18(10-14)26-4;/h5-10H,11-12H2,1-4H3,(H3,20,21,22);1H. The second-order valence-corrected chi connectivity index (χ2v) is 5.43. The highest BCUT2D eigenvalue weighted by molar-refractivity contribution is 14.0. The van der Waals surface area contributed by atoms with Gasteiger partial charge in [0.25, 0.3) is 0 Å². The lowest BCUT2D eigenvalue weighted by Gasteiger charge is -2.11. The number of benzene rings is 2. The SMILES string of the molecule is COc1ccc(CN=C(N)NCc2ccc(OC)c(OC)c2)cc1OC.I. The van der Waals surface area contributed by atoms with Gasteiger partial charge in [0, 0.05) is 6.54 Å². The first kappa shape index (κ1) is 22.7. The fourth-order valence-corrected chi connectivity index (χ4v) is 2.39. The summed E-state index contributed by atoms with van der Waals surface area (Å²) in [4.78, 5) is 4.35. The summed E-state index contributed by atoms with van der Waals surface area (Å²) in [6, 6.07) is 11.3. The number of methoxy groups -OCH3 is 4. The van der Waals surface area contributed by atoms with Crippen LogP contribution in [0.2, 0.25) is 0 Å². The van der Waals surface area contributed by atoms with Gasteiger partial charge in [-0.15, -0.1) is 24.0 Å². The Kier molecular flexibility index (Phi) is 9.55. The average molecular weight is 487 g/mol. The molecule has 0 saturated heterocycles. The van der Waals surface area contributed by atoms with Crippen LogP contribution in [0, 0.1) is 0 Å². The Morgan fingerprint density at radius 3 is 1.81 bits per heavy atom. The molecule has 148 valence electrons. The van der Waals surface area contributed by atoms with Gasteiger partial charge >= 0.3 is 0 Å². The zero-order valence-electron chi connectivity index (χ0n) is 15.9. The highest BCUT2D eigenvalue weighted by Gasteiger charge is 2.06.